The highest BCUT2D eigenvalue weighted by molar-refractivity contribution is 5.78. The van der Waals surface area contributed by atoms with Gasteiger partial charge in [-0.25, -0.2) is 0 Å². The second-order valence-electron chi connectivity index (χ2n) is 4.80. The van der Waals surface area contributed by atoms with E-state index in [0.717, 1.165) is 12.8 Å². The Labute approximate surface area is 110 Å². The maximum atomic E-state index is 11.7. The molecule has 3 nitrogen and oxygen atoms in total. The van der Waals surface area contributed by atoms with Gasteiger partial charge in [0.2, 0.25) is 5.91 Å². The van der Waals surface area contributed by atoms with E-state index >= 15 is 0 Å². The number of hydrogen-bond donors (Lipinski definition) is 2. The van der Waals surface area contributed by atoms with Gasteiger partial charge in [0.05, 0.1) is 0 Å². The highest BCUT2D eigenvalue weighted by Gasteiger charge is 2.13. The Morgan fingerprint density at radius 3 is 2.61 bits per heavy atom. The number of carbonyl (C=O) groups excluding carboxylic acids is 1. The lowest BCUT2D eigenvalue weighted by Gasteiger charge is -2.12. The summed E-state index contributed by atoms with van der Waals surface area (Å²) in [5, 5.41) is 2.95. The van der Waals surface area contributed by atoms with Crippen LogP contribution in [0, 0.1) is 19.8 Å². The molecule has 0 aromatic heterocycles. The average Bonchev–Trinajstić information content (AvgIpc) is 2.35. The van der Waals surface area contributed by atoms with Crippen LogP contribution in [-0.4, -0.2) is 19.0 Å². The van der Waals surface area contributed by atoms with Crippen molar-refractivity contribution < 1.29 is 4.79 Å². The fourth-order valence-corrected chi connectivity index (χ4v) is 1.89. The summed E-state index contributed by atoms with van der Waals surface area (Å²) in [6, 6.07) is 6.43. The van der Waals surface area contributed by atoms with E-state index in [1.54, 1.807) is 0 Å². The molecule has 1 unspecified atom stereocenters. The third kappa shape index (κ3) is 4.15. The van der Waals surface area contributed by atoms with Crippen LogP contribution in [0.5, 0.6) is 0 Å². The molecule has 0 fully saturated rings. The molecule has 0 radical (unpaired) electrons. The lowest BCUT2D eigenvalue weighted by atomic mass is 10.0. The SMILES string of the molecule is CCC(CN)C(=O)NCCc1ccc(C)c(C)c1. The van der Waals surface area contributed by atoms with Crippen molar-refractivity contribution >= 4 is 5.91 Å². The number of rotatable bonds is 6. The summed E-state index contributed by atoms with van der Waals surface area (Å²) in [5.41, 5.74) is 9.41. The first kappa shape index (κ1) is 14.7. The van der Waals surface area contributed by atoms with Crippen molar-refractivity contribution in [3.8, 4) is 0 Å². The van der Waals surface area contributed by atoms with E-state index in [9.17, 15) is 4.79 Å². The Kier molecular flexibility index (Phi) is 5.86. The molecule has 0 spiro atoms. The number of nitrogens with two attached hydrogens (primary N) is 1. The number of hydrogen-bond acceptors (Lipinski definition) is 2. The summed E-state index contributed by atoms with van der Waals surface area (Å²) in [6.45, 7) is 7.30. The van der Waals surface area contributed by atoms with E-state index in [1.807, 2.05) is 6.92 Å². The quantitative estimate of drug-likeness (QED) is 0.808. The molecule has 0 aliphatic carbocycles. The van der Waals surface area contributed by atoms with Crippen molar-refractivity contribution in [1.29, 1.82) is 0 Å². The van der Waals surface area contributed by atoms with Gasteiger partial charge in [-0.2, -0.15) is 0 Å². The van der Waals surface area contributed by atoms with Gasteiger partial charge in [-0.3, -0.25) is 4.79 Å². The van der Waals surface area contributed by atoms with Crippen molar-refractivity contribution in [2.45, 2.75) is 33.6 Å². The zero-order valence-electron chi connectivity index (χ0n) is 11.6. The van der Waals surface area contributed by atoms with E-state index in [2.05, 4.69) is 37.4 Å². The predicted octanol–water partition coefficient (Wildman–Crippen LogP) is 1.95. The van der Waals surface area contributed by atoms with E-state index in [1.165, 1.54) is 16.7 Å². The Hall–Kier alpha value is -1.35. The molecule has 0 bridgehead atoms. The zero-order chi connectivity index (χ0) is 13.5. The van der Waals surface area contributed by atoms with E-state index in [-0.39, 0.29) is 11.8 Å². The summed E-state index contributed by atoms with van der Waals surface area (Å²) in [4.78, 5) is 11.7. The average molecular weight is 248 g/mol. The van der Waals surface area contributed by atoms with Crippen LogP contribution in [0.3, 0.4) is 0 Å². The second-order valence-corrected chi connectivity index (χ2v) is 4.80. The van der Waals surface area contributed by atoms with Crippen molar-refractivity contribution in [1.82, 2.24) is 5.32 Å². The summed E-state index contributed by atoms with van der Waals surface area (Å²) in [6.07, 6.45) is 1.67. The molecule has 100 valence electrons. The number of benzene rings is 1. The normalized spacial score (nSPS) is 12.2. The fraction of sp³-hybridized carbons (Fsp3) is 0.533. The van der Waals surface area contributed by atoms with Gasteiger partial charge in [-0.05, 0) is 43.4 Å². The molecule has 18 heavy (non-hydrogen) atoms. The number of carbonyl (C=O) groups is 1. The van der Waals surface area contributed by atoms with Crippen LogP contribution < -0.4 is 11.1 Å². The maximum Gasteiger partial charge on any atom is 0.224 e. The summed E-state index contributed by atoms with van der Waals surface area (Å²) >= 11 is 0. The highest BCUT2D eigenvalue weighted by Crippen LogP contribution is 2.10. The Morgan fingerprint density at radius 1 is 1.33 bits per heavy atom. The van der Waals surface area contributed by atoms with Gasteiger partial charge < -0.3 is 11.1 Å². The van der Waals surface area contributed by atoms with Crippen LogP contribution in [0.25, 0.3) is 0 Å². The van der Waals surface area contributed by atoms with Gasteiger partial charge in [0.25, 0.3) is 0 Å². The minimum absolute atomic E-state index is 0.0512. The lowest BCUT2D eigenvalue weighted by molar-refractivity contribution is -0.124. The molecular formula is C15H24N2O. The van der Waals surface area contributed by atoms with Gasteiger partial charge in [0.15, 0.2) is 0 Å². The Bertz CT molecular complexity index is 397. The fourth-order valence-electron chi connectivity index (χ4n) is 1.89. The molecule has 1 amide bonds. The van der Waals surface area contributed by atoms with Crippen molar-refractivity contribution in [3.05, 3.63) is 34.9 Å². The molecule has 1 aromatic carbocycles. The predicted molar refractivity (Wildman–Crippen MR) is 75.5 cm³/mol. The van der Waals surface area contributed by atoms with Crippen LogP contribution >= 0.6 is 0 Å². The van der Waals surface area contributed by atoms with Crippen LogP contribution in [0.15, 0.2) is 18.2 Å². The van der Waals surface area contributed by atoms with Crippen molar-refractivity contribution in [2.24, 2.45) is 11.7 Å². The van der Waals surface area contributed by atoms with Crippen molar-refractivity contribution in [3.63, 3.8) is 0 Å². The minimum Gasteiger partial charge on any atom is -0.355 e. The number of aryl methyl sites for hydroxylation is 2. The van der Waals surface area contributed by atoms with Crippen LogP contribution in [0.4, 0.5) is 0 Å². The van der Waals surface area contributed by atoms with Crippen LogP contribution in [-0.2, 0) is 11.2 Å². The Balaban J connectivity index is 2.41. The molecule has 0 aliphatic heterocycles. The molecule has 3 N–H and O–H groups in total. The van der Waals surface area contributed by atoms with Crippen LogP contribution in [0.2, 0.25) is 0 Å². The molecule has 1 atom stereocenters. The van der Waals surface area contributed by atoms with Crippen molar-refractivity contribution in [2.75, 3.05) is 13.1 Å². The molecule has 0 saturated heterocycles. The summed E-state index contributed by atoms with van der Waals surface area (Å²) in [7, 11) is 0. The lowest BCUT2D eigenvalue weighted by Crippen LogP contribution is -2.35. The monoisotopic (exact) mass is 248 g/mol. The number of amides is 1. The standard InChI is InChI=1S/C15H24N2O/c1-4-14(10-16)15(18)17-8-7-13-6-5-11(2)12(3)9-13/h5-6,9,14H,4,7-8,10,16H2,1-3H3,(H,17,18). The molecule has 3 heteroatoms. The zero-order valence-corrected chi connectivity index (χ0v) is 11.6. The van der Waals surface area contributed by atoms with Gasteiger partial charge >= 0.3 is 0 Å². The topological polar surface area (TPSA) is 55.1 Å². The first-order chi connectivity index (χ1) is 8.58. The molecule has 0 heterocycles. The van der Waals surface area contributed by atoms with Gasteiger partial charge in [-0.15, -0.1) is 0 Å². The molecule has 0 saturated carbocycles. The maximum absolute atomic E-state index is 11.7. The van der Waals surface area contributed by atoms with E-state index < -0.39 is 0 Å². The van der Waals surface area contributed by atoms with E-state index in [4.69, 9.17) is 5.73 Å². The third-order valence-corrected chi connectivity index (χ3v) is 3.43. The molecule has 0 aliphatic rings. The van der Waals surface area contributed by atoms with E-state index in [0.29, 0.717) is 13.1 Å². The first-order valence-electron chi connectivity index (χ1n) is 6.62. The number of nitrogens with one attached hydrogen (secondary N) is 1. The molecular weight excluding hydrogens is 224 g/mol. The molecule has 1 aromatic rings. The smallest absolute Gasteiger partial charge is 0.224 e. The van der Waals surface area contributed by atoms with Crippen LogP contribution in [0.1, 0.15) is 30.0 Å². The Morgan fingerprint density at radius 2 is 2.06 bits per heavy atom. The summed E-state index contributed by atoms with van der Waals surface area (Å²) in [5.74, 6) is 0.0218. The highest BCUT2D eigenvalue weighted by atomic mass is 16.1. The second kappa shape index (κ2) is 7.17. The third-order valence-electron chi connectivity index (χ3n) is 3.43. The summed E-state index contributed by atoms with van der Waals surface area (Å²) < 4.78 is 0. The first-order valence-corrected chi connectivity index (χ1v) is 6.62. The van der Waals surface area contributed by atoms with Gasteiger partial charge in [-0.1, -0.05) is 25.1 Å². The van der Waals surface area contributed by atoms with Gasteiger partial charge in [0.1, 0.15) is 0 Å². The largest absolute Gasteiger partial charge is 0.355 e. The molecule has 1 rings (SSSR count). The minimum atomic E-state index is -0.0512. The van der Waals surface area contributed by atoms with Gasteiger partial charge in [0, 0.05) is 19.0 Å².